The van der Waals surface area contributed by atoms with E-state index in [1.54, 1.807) is 0 Å². The van der Waals surface area contributed by atoms with Crippen molar-refractivity contribution in [2.24, 2.45) is 0 Å². The molecule has 36 heavy (non-hydrogen) atoms. The van der Waals surface area contributed by atoms with E-state index in [1.165, 1.54) is 203 Å². The predicted octanol–water partition coefficient (Wildman–Crippen LogP) is 13.4. The van der Waals surface area contributed by atoms with Gasteiger partial charge in [0, 0.05) is 0 Å². The van der Waals surface area contributed by atoms with Gasteiger partial charge < -0.3 is 0 Å². The normalized spacial score (nSPS) is 11.5. The van der Waals surface area contributed by atoms with Crippen LogP contribution in [0.15, 0.2) is 0 Å². The molecule has 0 aromatic carbocycles. The number of hydrogen-bond donors (Lipinski definition) is 0. The lowest BCUT2D eigenvalue weighted by molar-refractivity contribution is 0.548. The highest BCUT2D eigenvalue weighted by atomic mass is 32.2. The second kappa shape index (κ2) is 35.7. The summed E-state index contributed by atoms with van der Waals surface area (Å²) in [6, 6.07) is 0. The van der Waals surface area contributed by atoms with Crippen molar-refractivity contribution in [1.82, 2.24) is 0 Å². The Labute approximate surface area is 239 Å². The van der Waals surface area contributed by atoms with Gasteiger partial charge in [-0.05, 0) is 48.7 Å². The molecule has 0 fully saturated rings. The third-order valence-electron chi connectivity index (χ3n) is 7.61. The van der Waals surface area contributed by atoms with Gasteiger partial charge in [-0.1, -0.05) is 168 Å². The van der Waals surface area contributed by atoms with E-state index in [-0.39, 0.29) is 0 Å². The van der Waals surface area contributed by atoms with Crippen LogP contribution in [0.2, 0.25) is 0 Å². The minimum absolute atomic E-state index is 1.37. The molecule has 0 radical (unpaired) electrons. The van der Waals surface area contributed by atoms with Crippen molar-refractivity contribution < 1.29 is 0 Å². The van der Waals surface area contributed by atoms with Crippen molar-refractivity contribution in [3.05, 3.63) is 0 Å². The van der Waals surface area contributed by atoms with Crippen LogP contribution in [0.1, 0.15) is 194 Å². The van der Waals surface area contributed by atoms with Crippen molar-refractivity contribution in [1.29, 1.82) is 0 Å². The summed E-state index contributed by atoms with van der Waals surface area (Å²) >= 11 is 4.44. The molecule has 0 nitrogen and oxygen atoms in total. The lowest BCUT2D eigenvalue weighted by Gasteiger charge is -2.05. The summed E-state index contributed by atoms with van der Waals surface area (Å²) in [5.74, 6) is 5.63. The third-order valence-corrected chi connectivity index (χ3v) is 9.92. The average Bonchev–Trinajstić information content (AvgIpc) is 2.89. The molecular formula is C34H70S2. The zero-order chi connectivity index (χ0) is 26.0. The van der Waals surface area contributed by atoms with E-state index < -0.39 is 0 Å². The predicted molar refractivity (Wildman–Crippen MR) is 175 cm³/mol. The molecule has 0 aliphatic carbocycles. The average molecular weight is 543 g/mol. The van der Waals surface area contributed by atoms with Gasteiger partial charge in [0.05, 0.1) is 0 Å². The summed E-state index contributed by atoms with van der Waals surface area (Å²) in [5.41, 5.74) is 0. The van der Waals surface area contributed by atoms with Gasteiger partial charge in [-0.25, -0.2) is 0 Å². The first kappa shape index (κ1) is 36.7. The second-order valence-electron chi connectivity index (χ2n) is 11.4. The largest absolute Gasteiger partial charge is 0.162 e. The van der Waals surface area contributed by atoms with E-state index >= 15 is 0 Å². The van der Waals surface area contributed by atoms with Crippen molar-refractivity contribution in [3.8, 4) is 0 Å². The van der Waals surface area contributed by atoms with Crippen molar-refractivity contribution >= 4 is 23.5 Å². The molecule has 0 unspecified atom stereocenters. The Morgan fingerprint density at radius 3 is 0.583 bits per heavy atom. The maximum absolute atomic E-state index is 2.31. The number of unbranched alkanes of at least 4 members (excludes halogenated alkanes) is 25. The van der Waals surface area contributed by atoms with Crippen LogP contribution in [0.5, 0.6) is 0 Å². The Bertz CT molecular complexity index is 323. The molecule has 0 amide bonds. The van der Waals surface area contributed by atoms with Gasteiger partial charge in [-0.15, -0.1) is 0 Å². The van der Waals surface area contributed by atoms with Gasteiger partial charge in [-0.3, -0.25) is 0 Å². The van der Waals surface area contributed by atoms with Crippen molar-refractivity contribution in [2.45, 2.75) is 194 Å². The highest BCUT2D eigenvalue weighted by Crippen LogP contribution is 2.16. The van der Waals surface area contributed by atoms with E-state index in [2.05, 4.69) is 37.4 Å². The quantitative estimate of drug-likeness (QED) is 0.0756. The van der Waals surface area contributed by atoms with Gasteiger partial charge in [0.15, 0.2) is 0 Å². The minimum Gasteiger partial charge on any atom is -0.162 e. The molecule has 0 atom stereocenters. The van der Waals surface area contributed by atoms with Crippen molar-refractivity contribution in [2.75, 3.05) is 23.0 Å². The first-order chi connectivity index (χ1) is 17.9. The first-order valence-corrected chi connectivity index (χ1v) is 19.4. The second-order valence-corrected chi connectivity index (χ2v) is 13.9. The van der Waals surface area contributed by atoms with E-state index in [0.29, 0.717) is 0 Å². The molecule has 0 aliphatic heterocycles. The molecule has 218 valence electrons. The lowest BCUT2D eigenvalue weighted by Crippen LogP contribution is -1.89. The zero-order valence-electron chi connectivity index (χ0n) is 25.4. The van der Waals surface area contributed by atoms with Crippen LogP contribution in [-0.2, 0) is 0 Å². The zero-order valence-corrected chi connectivity index (χ0v) is 27.1. The molecule has 0 saturated carbocycles. The summed E-state index contributed by atoms with van der Waals surface area (Å²) in [6.07, 6.45) is 41.0. The fourth-order valence-corrected chi connectivity index (χ4v) is 7.10. The molecular weight excluding hydrogens is 473 g/mol. The molecule has 0 N–H and O–H groups in total. The maximum atomic E-state index is 2.31. The molecule has 2 heteroatoms. The summed E-state index contributed by atoms with van der Waals surface area (Å²) < 4.78 is 0. The highest BCUT2D eigenvalue weighted by Gasteiger charge is 1.97. The molecule has 0 spiro atoms. The molecule has 0 saturated heterocycles. The fourth-order valence-electron chi connectivity index (χ4n) is 5.06. The molecule has 0 aromatic rings. The Hall–Kier alpha value is 0.700. The van der Waals surface area contributed by atoms with Crippen LogP contribution in [-0.4, -0.2) is 23.0 Å². The highest BCUT2D eigenvalue weighted by molar-refractivity contribution is 7.99. The Kier molecular flexibility index (Phi) is 36.4. The molecule has 0 heterocycles. The van der Waals surface area contributed by atoms with E-state index in [0.717, 1.165) is 0 Å². The summed E-state index contributed by atoms with van der Waals surface area (Å²) in [4.78, 5) is 0. The monoisotopic (exact) mass is 542 g/mol. The van der Waals surface area contributed by atoms with E-state index in [9.17, 15) is 0 Å². The first-order valence-electron chi connectivity index (χ1n) is 17.1. The van der Waals surface area contributed by atoms with Gasteiger partial charge in [0.25, 0.3) is 0 Å². The van der Waals surface area contributed by atoms with Crippen LogP contribution in [0, 0.1) is 0 Å². The summed E-state index contributed by atoms with van der Waals surface area (Å²) in [6.45, 7) is 4.61. The minimum atomic E-state index is 1.37. The van der Waals surface area contributed by atoms with Crippen LogP contribution in [0.25, 0.3) is 0 Å². The lowest BCUT2D eigenvalue weighted by atomic mass is 10.1. The number of thioether (sulfide) groups is 2. The maximum Gasteiger partial charge on any atom is -0.00675 e. The van der Waals surface area contributed by atoms with Crippen LogP contribution in [0.3, 0.4) is 0 Å². The van der Waals surface area contributed by atoms with E-state index in [4.69, 9.17) is 0 Å². The van der Waals surface area contributed by atoms with Crippen molar-refractivity contribution in [3.63, 3.8) is 0 Å². The van der Waals surface area contributed by atoms with Crippen LogP contribution >= 0.6 is 23.5 Å². The third kappa shape index (κ3) is 34.7. The van der Waals surface area contributed by atoms with Crippen LogP contribution in [0.4, 0.5) is 0 Å². The summed E-state index contributed by atoms with van der Waals surface area (Å²) in [7, 11) is 0. The van der Waals surface area contributed by atoms with Gasteiger partial charge in [-0.2, -0.15) is 23.5 Å². The number of rotatable bonds is 33. The smallest absolute Gasteiger partial charge is 0.00675 e. The molecule has 0 bridgehead atoms. The Balaban J connectivity index is 3.00. The van der Waals surface area contributed by atoms with Gasteiger partial charge >= 0.3 is 0 Å². The fraction of sp³-hybridized carbons (Fsp3) is 1.00. The van der Waals surface area contributed by atoms with Gasteiger partial charge in [0.2, 0.25) is 0 Å². The number of hydrogen-bond acceptors (Lipinski definition) is 2. The molecule has 0 rings (SSSR count). The van der Waals surface area contributed by atoms with Gasteiger partial charge in [0.1, 0.15) is 0 Å². The van der Waals surface area contributed by atoms with E-state index in [1.807, 2.05) is 0 Å². The molecule has 0 aliphatic rings. The standard InChI is InChI=1S/C34H70S2/c1-3-5-7-9-11-13-15-17-19-21-23-27-31-35-33-29-25-26-30-34-36-32-28-24-22-20-18-16-14-12-10-8-6-4-2/h3-34H2,1-2H3. The Morgan fingerprint density at radius 1 is 0.222 bits per heavy atom. The topological polar surface area (TPSA) is 0 Å². The van der Waals surface area contributed by atoms with Crippen LogP contribution < -0.4 is 0 Å². The Morgan fingerprint density at radius 2 is 0.389 bits per heavy atom. The SMILES string of the molecule is CCCCCCCCCCCCCCSCCCCCCSCCCCCCCCCCCCCC. The molecule has 0 aromatic heterocycles. The summed E-state index contributed by atoms with van der Waals surface area (Å²) in [5, 5.41) is 0.